The smallest absolute Gasteiger partial charge is 0.241 e. The second-order valence-electron chi connectivity index (χ2n) is 6.41. The molecule has 1 aromatic heterocycles. The normalized spacial score (nSPS) is 12.4. The molecule has 0 atom stereocenters. The molecule has 0 radical (unpaired) electrons. The van der Waals surface area contributed by atoms with Crippen molar-refractivity contribution in [3.05, 3.63) is 48.0 Å². The molecule has 0 unspecified atom stereocenters. The number of hydrogen-bond donors (Lipinski definition) is 1. The molecule has 0 saturated carbocycles. The third-order valence-corrected chi connectivity index (χ3v) is 3.99. The van der Waals surface area contributed by atoms with Crippen molar-refractivity contribution in [1.82, 2.24) is 4.98 Å². The monoisotopic (exact) mass is 298 g/mol. The molecule has 0 saturated heterocycles. The molecule has 0 amide bonds. The molecule has 1 N–H and O–H groups in total. The predicted octanol–water partition coefficient (Wildman–Crippen LogP) is 4.73. The fourth-order valence-electron chi connectivity index (χ4n) is 2.65. The van der Waals surface area contributed by atoms with Crippen LogP contribution >= 0.6 is 0 Å². The molecule has 0 fully saturated rings. The van der Waals surface area contributed by atoms with Crippen molar-refractivity contribution in [3.8, 4) is 0 Å². The largest absolute Gasteiger partial charge is 0.253 e. The zero-order chi connectivity index (χ0) is 16.1. The Bertz CT molecular complexity index is 596. The van der Waals surface area contributed by atoms with E-state index in [0.717, 1.165) is 13.0 Å². The molecule has 0 bridgehead atoms. The van der Waals surface area contributed by atoms with Gasteiger partial charge in [0.25, 0.3) is 0 Å². The van der Waals surface area contributed by atoms with Gasteiger partial charge in [0.05, 0.1) is 11.4 Å². The Morgan fingerprint density at radius 3 is 2.23 bits per heavy atom. The van der Waals surface area contributed by atoms with Crippen LogP contribution in [0.25, 0.3) is 0 Å². The molecule has 22 heavy (non-hydrogen) atoms. The standard InChI is InChI=1S/C19H27N3/c1-6-16(12-22-11-10-20-13-22)21-19-17(14(2)3)8-7-9-18(19)15(4)5/h7-11,13-15H,6,12H2,1-5H3/p+1. The van der Waals surface area contributed by atoms with Crippen molar-refractivity contribution >= 4 is 11.4 Å². The molecular weight excluding hydrogens is 270 g/mol. The van der Waals surface area contributed by atoms with Crippen LogP contribution < -0.4 is 4.57 Å². The first-order valence-corrected chi connectivity index (χ1v) is 8.24. The maximum absolute atomic E-state index is 5.08. The Labute approximate surface area is 134 Å². The topological polar surface area (TPSA) is 32.0 Å². The number of benzene rings is 1. The zero-order valence-corrected chi connectivity index (χ0v) is 14.4. The minimum Gasteiger partial charge on any atom is -0.253 e. The van der Waals surface area contributed by atoms with Crippen molar-refractivity contribution in [3.63, 3.8) is 0 Å². The minimum atomic E-state index is 0.482. The van der Waals surface area contributed by atoms with E-state index in [-0.39, 0.29) is 0 Å². The van der Waals surface area contributed by atoms with E-state index >= 15 is 0 Å². The fraction of sp³-hybridized carbons (Fsp3) is 0.474. The van der Waals surface area contributed by atoms with E-state index in [9.17, 15) is 0 Å². The van der Waals surface area contributed by atoms with E-state index in [2.05, 4.69) is 62.4 Å². The fourth-order valence-corrected chi connectivity index (χ4v) is 2.65. The lowest BCUT2D eigenvalue weighted by molar-refractivity contribution is -0.680. The van der Waals surface area contributed by atoms with Crippen LogP contribution in [-0.4, -0.2) is 10.7 Å². The maximum Gasteiger partial charge on any atom is 0.241 e. The van der Waals surface area contributed by atoms with Gasteiger partial charge in [-0.1, -0.05) is 52.8 Å². The van der Waals surface area contributed by atoms with Gasteiger partial charge in [-0.15, -0.1) is 0 Å². The number of nitrogens with one attached hydrogen (secondary N) is 1. The predicted molar refractivity (Wildman–Crippen MR) is 93.0 cm³/mol. The first-order valence-electron chi connectivity index (χ1n) is 8.24. The van der Waals surface area contributed by atoms with Gasteiger partial charge in [0.1, 0.15) is 18.9 Å². The van der Waals surface area contributed by atoms with Crippen molar-refractivity contribution < 1.29 is 4.57 Å². The molecule has 118 valence electrons. The van der Waals surface area contributed by atoms with Gasteiger partial charge in [0.15, 0.2) is 0 Å². The number of aromatic nitrogens is 2. The quantitative estimate of drug-likeness (QED) is 0.590. The van der Waals surface area contributed by atoms with Gasteiger partial charge in [-0.05, 0) is 29.4 Å². The average Bonchev–Trinajstić information content (AvgIpc) is 2.99. The lowest BCUT2D eigenvalue weighted by Crippen LogP contribution is -2.35. The summed E-state index contributed by atoms with van der Waals surface area (Å²) in [6.07, 6.45) is 6.92. The van der Waals surface area contributed by atoms with Crippen LogP contribution in [0, 0.1) is 0 Å². The van der Waals surface area contributed by atoms with Crippen molar-refractivity contribution in [2.45, 2.75) is 59.4 Å². The van der Waals surface area contributed by atoms with Crippen LogP contribution in [0.4, 0.5) is 5.69 Å². The summed E-state index contributed by atoms with van der Waals surface area (Å²) in [4.78, 5) is 8.17. The summed E-state index contributed by atoms with van der Waals surface area (Å²) in [5.41, 5.74) is 5.08. The number of nitrogens with zero attached hydrogens (tertiary/aromatic N) is 2. The van der Waals surface area contributed by atoms with E-state index in [1.807, 2.05) is 18.7 Å². The third kappa shape index (κ3) is 3.85. The first-order chi connectivity index (χ1) is 10.5. The minimum absolute atomic E-state index is 0.482. The summed E-state index contributed by atoms with van der Waals surface area (Å²) in [5.74, 6) is 0.964. The van der Waals surface area contributed by atoms with E-state index in [1.54, 1.807) is 0 Å². The summed E-state index contributed by atoms with van der Waals surface area (Å²) < 4.78 is 2.13. The SMILES string of the molecule is CCC(C[n+]1cc[nH]c1)=Nc1c(C(C)C)cccc1C(C)C. The molecule has 0 aliphatic rings. The van der Waals surface area contributed by atoms with Crippen LogP contribution in [-0.2, 0) is 6.54 Å². The first kappa shape index (κ1) is 16.5. The number of hydrogen-bond acceptors (Lipinski definition) is 1. The Hall–Kier alpha value is -1.90. The number of aliphatic imine (C=N–C) groups is 1. The zero-order valence-electron chi connectivity index (χ0n) is 14.4. The Morgan fingerprint density at radius 1 is 1.14 bits per heavy atom. The Balaban J connectivity index is 2.46. The highest BCUT2D eigenvalue weighted by Gasteiger charge is 2.14. The van der Waals surface area contributed by atoms with E-state index in [1.165, 1.54) is 22.5 Å². The average molecular weight is 298 g/mol. The second-order valence-corrected chi connectivity index (χ2v) is 6.41. The van der Waals surface area contributed by atoms with Gasteiger partial charge >= 0.3 is 0 Å². The van der Waals surface area contributed by atoms with E-state index in [4.69, 9.17) is 4.99 Å². The summed E-state index contributed by atoms with van der Waals surface area (Å²) in [5, 5.41) is 0. The second kappa shape index (κ2) is 7.39. The maximum atomic E-state index is 5.08. The molecule has 0 aliphatic carbocycles. The van der Waals surface area contributed by atoms with Gasteiger partial charge in [-0.3, -0.25) is 9.98 Å². The van der Waals surface area contributed by atoms with Gasteiger partial charge < -0.3 is 0 Å². The highest BCUT2D eigenvalue weighted by molar-refractivity contribution is 5.86. The number of imidazole rings is 1. The van der Waals surface area contributed by atoms with Crippen molar-refractivity contribution in [2.24, 2.45) is 4.99 Å². The van der Waals surface area contributed by atoms with Crippen molar-refractivity contribution in [2.75, 3.05) is 0 Å². The van der Waals surface area contributed by atoms with Crippen molar-refractivity contribution in [1.29, 1.82) is 0 Å². The van der Waals surface area contributed by atoms with Crippen LogP contribution in [0.2, 0.25) is 0 Å². The number of rotatable bonds is 6. The van der Waals surface area contributed by atoms with Crippen LogP contribution in [0.5, 0.6) is 0 Å². The van der Waals surface area contributed by atoms with E-state index < -0.39 is 0 Å². The molecular formula is C19H28N3+. The molecule has 3 heteroatoms. The van der Waals surface area contributed by atoms with Crippen LogP contribution in [0.15, 0.2) is 41.9 Å². The lowest BCUT2D eigenvalue weighted by atomic mass is 9.93. The molecule has 0 aliphatic heterocycles. The third-order valence-electron chi connectivity index (χ3n) is 3.99. The Morgan fingerprint density at radius 2 is 1.77 bits per heavy atom. The summed E-state index contributed by atoms with van der Waals surface area (Å²) >= 11 is 0. The van der Waals surface area contributed by atoms with Crippen LogP contribution in [0.3, 0.4) is 0 Å². The molecule has 2 rings (SSSR count). The lowest BCUT2D eigenvalue weighted by Gasteiger charge is -2.17. The van der Waals surface area contributed by atoms with Gasteiger partial charge in [0.2, 0.25) is 6.33 Å². The molecule has 3 nitrogen and oxygen atoms in total. The number of H-pyrrole nitrogens is 1. The molecule has 2 aromatic rings. The highest BCUT2D eigenvalue weighted by atomic mass is 15.0. The number of para-hydroxylation sites is 1. The van der Waals surface area contributed by atoms with Gasteiger partial charge in [-0.2, -0.15) is 0 Å². The summed E-state index contributed by atoms with van der Waals surface area (Å²) in [7, 11) is 0. The molecule has 0 spiro atoms. The van der Waals surface area contributed by atoms with Gasteiger partial charge in [0, 0.05) is 0 Å². The summed E-state index contributed by atoms with van der Waals surface area (Å²) in [6.45, 7) is 12.0. The summed E-state index contributed by atoms with van der Waals surface area (Å²) in [6, 6.07) is 6.59. The van der Waals surface area contributed by atoms with E-state index in [0.29, 0.717) is 11.8 Å². The molecule has 1 heterocycles. The number of aromatic amines is 1. The Kier molecular flexibility index (Phi) is 5.53. The van der Waals surface area contributed by atoms with Crippen LogP contribution in [0.1, 0.15) is 64.0 Å². The highest BCUT2D eigenvalue weighted by Crippen LogP contribution is 2.34. The van der Waals surface area contributed by atoms with Gasteiger partial charge in [-0.25, -0.2) is 4.57 Å². The molecule has 1 aromatic carbocycles.